The smallest absolute Gasteiger partial charge is 0.250 e. The number of likely N-dealkylation sites (tertiary alicyclic amines) is 2. The molecule has 4 heterocycles. The molecule has 2 amide bonds. The normalized spacial score (nSPS) is 19.9. The molecule has 1 aromatic heterocycles. The summed E-state index contributed by atoms with van der Waals surface area (Å²) in [4.78, 5) is 34.0. The molecule has 0 aliphatic carbocycles. The third kappa shape index (κ3) is 4.60. The van der Waals surface area contributed by atoms with E-state index < -0.39 is 22.9 Å². The number of pyridine rings is 1. The number of phenols is 1. The number of ether oxygens (including phenoxy) is 1. The number of rotatable bonds is 5. The quantitative estimate of drug-likeness (QED) is 0.358. The zero-order valence-corrected chi connectivity index (χ0v) is 23.7. The molecule has 0 radical (unpaired) electrons. The number of piperidine rings is 1. The summed E-state index contributed by atoms with van der Waals surface area (Å²) in [5.74, 6) is -2.79. The first-order valence-corrected chi connectivity index (χ1v) is 14.2. The zero-order chi connectivity index (χ0) is 29.8. The molecule has 3 aliphatic rings. The molecule has 3 aromatic rings. The number of hydrogen-bond acceptors (Lipinski definition) is 7. The lowest BCUT2D eigenvalue weighted by Crippen LogP contribution is -2.59. The molecule has 3 aliphatic heterocycles. The van der Waals surface area contributed by atoms with Gasteiger partial charge >= 0.3 is 0 Å². The Balaban J connectivity index is 1.49. The first kappa shape index (κ1) is 28.2. The highest BCUT2D eigenvalue weighted by Crippen LogP contribution is 2.48. The highest BCUT2D eigenvalue weighted by molar-refractivity contribution is 6.35. The van der Waals surface area contributed by atoms with Crippen molar-refractivity contribution in [3.8, 4) is 22.8 Å². The van der Waals surface area contributed by atoms with Crippen LogP contribution in [0.25, 0.3) is 22.0 Å². The molecule has 6 rings (SSSR count). The number of carbonyl (C=O) groups excluding carboxylic acids is 2. The number of phenolic OH excluding ortho intramolecular Hbond substituents is 1. The van der Waals surface area contributed by atoms with Gasteiger partial charge in [-0.05, 0) is 63.6 Å². The van der Waals surface area contributed by atoms with Gasteiger partial charge in [-0.25, -0.2) is 13.8 Å². The molecule has 0 unspecified atom stereocenters. The standard InChI is InChI=1S/C30H30ClF2N5O4/c1-3-21(40)38-12-9-30(10-13-38)29(41)35-27-26(36-30)17-14-18(31)22(23-19(32)7-4-8-20(23)39)24(33)25(17)34-28(27)42-15-16-6-5-11-37(16)2/h3-4,7-8,14,16,36,39H,1,5-6,9-13,15H2,2H3,(H,35,41)/t16-/m0/s1. The number of carbonyl (C=O) groups is 2. The summed E-state index contributed by atoms with van der Waals surface area (Å²) in [5, 5.41) is 16.8. The van der Waals surface area contributed by atoms with E-state index in [9.17, 15) is 19.1 Å². The lowest BCUT2D eigenvalue weighted by atomic mass is 9.84. The zero-order valence-electron chi connectivity index (χ0n) is 23.0. The van der Waals surface area contributed by atoms with Crippen molar-refractivity contribution in [1.29, 1.82) is 0 Å². The van der Waals surface area contributed by atoms with Gasteiger partial charge in [0.05, 0.1) is 16.3 Å². The summed E-state index contributed by atoms with van der Waals surface area (Å²) in [6.45, 7) is 5.35. The van der Waals surface area contributed by atoms with Crippen LogP contribution in [0.1, 0.15) is 25.7 Å². The maximum Gasteiger partial charge on any atom is 0.250 e. The molecule has 3 N–H and O–H groups in total. The third-order valence-electron chi connectivity index (χ3n) is 8.61. The van der Waals surface area contributed by atoms with Crippen LogP contribution in [0.5, 0.6) is 11.6 Å². The van der Waals surface area contributed by atoms with Gasteiger partial charge in [-0.2, -0.15) is 0 Å². The first-order valence-electron chi connectivity index (χ1n) is 13.8. The van der Waals surface area contributed by atoms with Crippen molar-refractivity contribution in [2.24, 2.45) is 0 Å². The number of benzene rings is 2. The summed E-state index contributed by atoms with van der Waals surface area (Å²) in [6, 6.07) is 5.21. The van der Waals surface area contributed by atoms with Gasteiger partial charge in [0.1, 0.15) is 34.9 Å². The van der Waals surface area contributed by atoms with Crippen LogP contribution < -0.4 is 15.4 Å². The summed E-state index contributed by atoms with van der Waals surface area (Å²) in [7, 11) is 2.00. The molecular formula is C30H30ClF2N5O4. The predicted molar refractivity (Wildman–Crippen MR) is 156 cm³/mol. The molecule has 2 saturated heterocycles. The third-order valence-corrected chi connectivity index (χ3v) is 8.90. The predicted octanol–water partition coefficient (Wildman–Crippen LogP) is 4.92. The molecule has 0 bridgehead atoms. The number of nitrogens with one attached hydrogen (secondary N) is 2. The Morgan fingerprint density at radius 2 is 2.02 bits per heavy atom. The number of halogens is 3. The van der Waals surface area contributed by atoms with Crippen LogP contribution >= 0.6 is 11.6 Å². The highest BCUT2D eigenvalue weighted by atomic mass is 35.5. The average molecular weight is 598 g/mol. The number of hydrogen-bond donors (Lipinski definition) is 3. The van der Waals surface area contributed by atoms with E-state index in [2.05, 4.69) is 27.1 Å². The van der Waals surface area contributed by atoms with Gasteiger partial charge in [0.2, 0.25) is 17.7 Å². The molecule has 0 saturated carbocycles. The fourth-order valence-electron chi connectivity index (χ4n) is 6.13. The van der Waals surface area contributed by atoms with Gasteiger partial charge in [0.25, 0.3) is 0 Å². The topological polar surface area (TPSA) is 107 Å². The second kappa shape index (κ2) is 10.7. The van der Waals surface area contributed by atoms with Crippen molar-refractivity contribution in [3.63, 3.8) is 0 Å². The highest BCUT2D eigenvalue weighted by Gasteiger charge is 2.46. The van der Waals surface area contributed by atoms with Crippen LogP contribution in [0.15, 0.2) is 36.9 Å². The maximum atomic E-state index is 16.4. The monoisotopic (exact) mass is 597 g/mol. The second-order valence-corrected chi connectivity index (χ2v) is 11.4. The number of amides is 2. The minimum Gasteiger partial charge on any atom is -0.507 e. The van der Waals surface area contributed by atoms with Crippen molar-refractivity contribution < 1.29 is 28.2 Å². The minimum atomic E-state index is -1.09. The van der Waals surface area contributed by atoms with E-state index in [-0.39, 0.29) is 63.1 Å². The summed E-state index contributed by atoms with van der Waals surface area (Å²) in [5.41, 5.74) is -1.35. The van der Waals surface area contributed by atoms with Gasteiger partial charge in [-0.15, -0.1) is 0 Å². The Bertz CT molecular complexity index is 1610. The summed E-state index contributed by atoms with van der Waals surface area (Å²) >= 11 is 6.56. The van der Waals surface area contributed by atoms with Gasteiger partial charge in [-0.1, -0.05) is 24.2 Å². The maximum absolute atomic E-state index is 16.4. The molecule has 9 nitrogen and oxygen atoms in total. The van der Waals surface area contributed by atoms with Gasteiger partial charge < -0.3 is 30.3 Å². The number of likely N-dealkylation sites (N-methyl/N-ethyl adjacent to an activating group) is 1. The van der Waals surface area contributed by atoms with Crippen molar-refractivity contribution in [2.75, 3.05) is 43.9 Å². The van der Waals surface area contributed by atoms with Gasteiger partial charge in [-0.3, -0.25) is 9.59 Å². The summed E-state index contributed by atoms with van der Waals surface area (Å²) in [6.07, 6.45) is 3.76. The van der Waals surface area contributed by atoms with Crippen LogP contribution in [0.2, 0.25) is 5.02 Å². The number of aromatic nitrogens is 1. The molecule has 12 heteroatoms. The first-order chi connectivity index (χ1) is 20.1. The van der Waals surface area contributed by atoms with Crippen LogP contribution in [0.3, 0.4) is 0 Å². The number of aromatic hydroxyl groups is 1. The molecule has 2 fully saturated rings. The van der Waals surface area contributed by atoms with E-state index in [0.29, 0.717) is 31.6 Å². The SMILES string of the molecule is C=CC(=O)N1CCC2(CC1)Nc1c(c(OC[C@@H]3CCCN3C)nc3c(F)c(-c4c(O)cccc4F)c(Cl)cc13)NC2=O. The van der Waals surface area contributed by atoms with Crippen molar-refractivity contribution in [2.45, 2.75) is 37.3 Å². The Morgan fingerprint density at radius 3 is 2.69 bits per heavy atom. The van der Waals surface area contributed by atoms with Crippen LogP contribution in [0, 0.1) is 11.6 Å². The molecule has 1 spiro atoms. The fraction of sp³-hybridized carbons (Fsp3) is 0.367. The van der Waals surface area contributed by atoms with E-state index in [4.69, 9.17) is 16.3 Å². The average Bonchev–Trinajstić information content (AvgIpc) is 3.39. The summed E-state index contributed by atoms with van der Waals surface area (Å²) < 4.78 is 37.3. The van der Waals surface area contributed by atoms with Gasteiger partial charge in [0, 0.05) is 30.1 Å². The molecule has 42 heavy (non-hydrogen) atoms. The van der Waals surface area contributed by atoms with Gasteiger partial charge in [0.15, 0.2) is 5.82 Å². The fourth-order valence-corrected chi connectivity index (χ4v) is 6.42. The number of fused-ring (bicyclic) bond motifs is 3. The van der Waals surface area contributed by atoms with Crippen LogP contribution in [-0.2, 0) is 9.59 Å². The second-order valence-electron chi connectivity index (χ2n) is 11.0. The van der Waals surface area contributed by atoms with E-state index >= 15 is 4.39 Å². The van der Waals surface area contributed by atoms with Crippen LogP contribution in [0.4, 0.5) is 20.2 Å². The largest absolute Gasteiger partial charge is 0.507 e. The number of anilines is 2. The molecular weight excluding hydrogens is 568 g/mol. The van der Waals surface area contributed by atoms with E-state index in [1.54, 1.807) is 4.90 Å². The Hall–Kier alpha value is -3.96. The van der Waals surface area contributed by atoms with E-state index in [1.165, 1.54) is 24.3 Å². The van der Waals surface area contributed by atoms with Crippen LogP contribution in [-0.4, -0.2) is 76.6 Å². The number of nitrogens with zero attached hydrogens (tertiary/aromatic N) is 3. The van der Waals surface area contributed by atoms with Crippen molar-refractivity contribution in [3.05, 3.63) is 53.6 Å². The lowest BCUT2D eigenvalue weighted by molar-refractivity contribution is -0.130. The van der Waals surface area contributed by atoms with Crippen molar-refractivity contribution >= 4 is 45.7 Å². The Morgan fingerprint density at radius 1 is 1.26 bits per heavy atom. The van der Waals surface area contributed by atoms with Crippen molar-refractivity contribution in [1.82, 2.24) is 14.8 Å². The molecule has 220 valence electrons. The van der Waals surface area contributed by atoms with E-state index in [1.807, 2.05) is 7.05 Å². The molecule has 1 atom stereocenters. The molecule has 2 aromatic carbocycles. The Kier molecular flexibility index (Phi) is 7.18. The Labute approximate surface area is 246 Å². The van der Waals surface area contributed by atoms with E-state index in [0.717, 1.165) is 25.5 Å². The lowest BCUT2D eigenvalue weighted by Gasteiger charge is -2.44. The minimum absolute atomic E-state index is 0.0118.